The van der Waals surface area contributed by atoms with Crippen LogP contribution in [0.4, 0.5) is 4.79 Å². The molecule has 2 amide bonds. The molecule has 1 aliphatic rings. The first kappa shape index (κ1) is 17.4. The molecule has 0 saturated carbocycles. The van der Waals surface area contributed by atoms with Crippen molar-refractivity contribution in [2.45, 2.75) is 24.6 Å². The van der Waals surface area contributed by atoms with Crippen LogP contribution >= 0.6 is 12.6 Å². The Bertz CT molecular complexity index is 428. The number of hydrogen-bond donors (Lipinski definition) is 2. The smallest absolute Gasteiger partial charge is 0.410 e. The van der Waals surface area contributed by atoms with Gasteiger partial charge < -0.3 is 14.9 Å². The molecular weight excluding hydrogens is 294 g/mol. The number of thiol groups is 1. The van der Waals surface area contributed by atoms with Crippen molar-refractivity contribution in [2.24, 2.45) is 5.16 Å². The number of carbonyl (C=O) groups excluding carboxylic acids is 2. The fourth-order valence-corrected chi connectivity index (χ4v) is 2.46. The molecule has 0 aromatic carbocycles. The van der Waals surface area contributed by atoms with Crippen LogP contribution in [-0.2, 0) is 14.4 Å². The summed E-state index contributed by atoms with van der Waals surface area (Å²) in [7, 11) is 1.42. The first-order valence-electron chi connectivity index (χ1n) is 6.56. The van der Waals surface area contributed by atoms with Crippen LogP contribution in [0.2, 0.25) is 0 Å². The van der Waals surface area contributed by atoms with Gasteiger partial charge in [0.1, 0.15) is 13.7 Å². The van der Waals surface area contributed by atoms with Gasteiger partial charge in [-0.2, -0.15) is 12.6 Å². The number of nitrogens with one attached hydrogen (secondary N) is 1. The molecule has 0 aliphatic carbocycles. The number of carbonyl (C=O) groups is 2. The molecule has 1 rings (SSSR count). The summed E-state index contributed by atoms with van der Waals surface area (Å²) in [6.45, 7) is 5.72. The molecule has 21 heavy (non-hydrogen) atoms. The van der Waals surface area contributed by atoms with Crippen LogP contribution in [0.25, 0.3) is 0 Å². The van der Waals surface area contributed by atoms with Crippen LogP contribution in [-0.4, -0.2) is 60.7 Å². The Labute approximate surface area is 129 Å². The fourth-order valence-electron chi connectivity index (χ4n) is 2.09. The molecule has 1 aliphatic heterocycles. The molecule has 0 bridgehead atoms. The lowest BCUT2D eigenvalue weighted by molar-refractivity contribution is -0.118. The van der Waals surface area contributed by atoms with Crippen molar-refractivity contribution in [3.63, 3.8) is 0 Å². The largest absolute Gasteiger partial charge is 0.445 e. The van der Waals surface area contributed by atoms with Crippen LogP contribution in [0.1, 0.15) is 13.3 Å². The van der Waals surface area contributed by atoms with E-state index >= 15 is 0 Å². The lowest BCUT2D eigenvalue weighted by Gasteiger charge is -2.24. The van der Waals surface area contributed by atoms with Crippen LogP contribution in [0.3, 0.4) is 0 Å². The lowest BCUT2D eigenvalue weighted by Crippen LogP contribution is -2.45. The summed E-state index contributed by atoms with van der Waals surface area (Å²) in [4.78, 5) is 29.4. The van der Waals surface area contributed by atoms with E-state index < -0.39 is 6.09 Å². The number of rotatable bonds is 6. The van der Waals surface area contributed by atoms with Gasteiger partial charge in [-0.15, -0.1) is 0 Å². The second-order valence-electron chi connectivity index (χ2n) is 4.60. The minimum atomic E-state index is -0.455. The van der Waals surface area contributed by atoms with E-state index in [2.05, 4.69) is 29.7 Å². The highest BCUT2D eigenvalue weighted by molar-refractivity contribution is 7.81. The van der Waals surface area contributed by atoms with Crippen LogP contribution in [0.15, 0.2) is 17.8 Å². The van der Waals surface area contributed by atoms with Gasteiger partial charge in [-0.25, -0.2) is 4.79 Å². The fraction of sp³-hybridized carbons (Fsp3) is 0.615. The molecule has 8 heteroatoms. The number of ether oxygens (including phenoxy) is 1. The van der Waals surface area contributed by atoms with Gasteiger partial charge in [-0.1, -0.05) is 17.8 Å². The van der Waals surface area contributed by atoms with E-state index in [-0.39, 0.29) is 30.4 Å². The van der Waals surface area contributed by atoms with Gasteiger partial charge >= 0.3 is 6.09 Å². The van der Waals surface area contributed by atoms with Crippen molar-refractivity contribution in [3.05, 3.63) is 12.7 Å². The maximum Gasteiger partial charge on any atom is 0.410 e. The summed E-state index contributed by atoms with van der Waals surface area (Å²) in [6.07, 6.45) is 1.67. The van der Waals surface area contributed by atoms with Crippen LogP contribution in [0, 0.1) is 0 Å². The Hall–Kier alpha value is -1.70. The highest BCUT2D eigenvalue weighted by Crippen LogP contribution is 2.24. The third-order valence-electron chi connectivity index (χ3n) is 2.95. The van der Waals surface area contributed by atoms with E-state index in [9.17, 15) is 9.59 Å². The molecule has 7 nitrogen and oxygen atoms in total. The zero-order valence-corrected chi connectivity index (χ0v) is 13.1. The third-order valence-corrected chi connectivity index (χ3v) is 3.32. The summed E-state index contributed by atoms with van der Waals surface area (Å²) < 4.78 is 5.06. The first-order valence-corrected chi connectivity index (χ1v) is 7.08. The Morgan fingerprint density at radius 2 is 2.29 bits per heavy atom. The molecule has 118 valence electrons. The van der Waals surface area contributed by atoms with Crippen molar-refractivity contribution in [2.75, 3.05) is 26.8 Å². The molecule has 0 aromatic rings. The molecular formula is C13H21N3O4S. The predicted octanol–water partition coefficient (Wildman–Crippen LogP) is 0.820. The first-order chi connectivity index (χ1) is 9.99. The average molecular weight is 315 g/mol. The quantitative estimate of drug-likeness (QED) is 0.329. The van der Waals surface area contributed by atoms with Gasteiger partial charge in [-0.05, 0) is 6.42 Å². The van der Waals surface area contributed by atoms with E-state index in [1.807, 2.05) is 0 Å². The average Bonchev–Trinajstić information content (AvgIpc) is 2.82. The van der Waals surface area contributed by atoms with Gasteiger partial charge in [0.25, 0.3) is 0 Å². The van der Waals surface area contributed by atoms with E-state index in [1.54, 1.807) is 4.90 Å². The molecule has 1 saturated heterocycles. The Balaban J connectivity index is 2.82. The van der Waals surface area contributed by atoms with Crippen molar-refractivity contribution in [3.8, 4) is 0 Å². The van der Waals surface area contributed by atoms with E-state index in [4.69, 9.17) is 9.57 Å². The van der Waals surface area contributed by atoms with Crippen LogP contribution < -0.4 is 5.32 Å². The molecule has 1 fully saturated rings. The zero-order valence-electron chi connectivity index (χ0n) is 12.2. The topological polar surface area (TPSA) is 80.2 Å². The second-order valence-corrected chi connectivity index (χ2v) is 5.33. The Morgan fingerprint density at radius 1 is 1.57 bits per heavy atom. The van der Waals surface area contributed by atoms with Gasteiger partial charge in [0.15, 0.2) is 0 Å². The van der Waals surface area contributed by atoms with Crippen molar-refractivity contribution < 1.29 is 19.2 Å². The number of hydrogen-bond acceptors (Lipinski definition) is 6. The molecule has 0 aromatic heterocycles. The van der Waals surface area contributed by atoms with Gasteiger partial charge in [-0.3, -0.25) is 9.69 Å². The summed E-state index contributed by atoms with van der Waals surface area (Å²) in [5, 5.41) is 6.60. The Morgan fingerprint density at radius 3 is 2.86 bits per heavy atom. The van der Waals surface area contributed by atoms with Crippen molar-refractivity contribution >= 4 is 30.3 Å². The van der Waals surface area contributed by atoms with E-state index in [0.717, 1.165) is 0 Å². The minimum Gasteiger partial charge on any atom is -0.445 e. The zero-order chi connectivity index (χ0) is 15.8. The van der Waals surface area contributed by atoms with Crippen molar-refractivity contribution in [1.82, 2.24) is 10.2 Å². The number of likely N-dealkylation sites (tertiary alicyclic amines) is 1. The minimum absolute atomic E-state index is 0.0191. The molecule has 0 unspecified atom stereocenters. The van der Waals surface area contributed by atoms with Crippen molar-refractivity contribution in [1.29, 1.82) is 0 Å². The van der Waals surface area contributed by atoms with Crippen LogP contribution in [0.5, 0.6) is 0 Å². The Kier molecular flexibility index (Phi) is 7.07. The third kappa shape index (κ3) is 5.30. The number of nitrogens with zero attached hydrogens (tertiary/aromatic N) is 2. The second kappa shape index (κ2) is 8.56. The monoisotopic (exact) mass is 315 g/mol. The lowest BCUT2D eigenvalue weighted by atomic mass is 10.1. The number of amides is 2. The SMILES string of the molecule is C=CCOC(=O)N1C[C@@H](S)C[C@H]1/C(CNC(C)=O)=N/OC. The summed E-state index contributed by atoms with van der Waals surface area (Å²) in [5.74, 6) is -0.181. The molecule has 0 spiro atoms. The van der Waals surface area contributed by atoms with E-state index in [1.165, 1.54) is 20.1 Å². The standard InChI is InChI=1S/C13H21N3O4S/c1-4-5-20-13(18)16-8-10(21)6-12(16)11(15-19-3)7-14-9(2)17/h4,10,12,21H,1,5-8H2,2-3H3,(H,14,17)/b15-11+/t10-,12-/m0/s1. The molecule has 1 N–H and O–H groups in total. The normalized spacial score (nSPS) is 21.9. The highest BCUT2D eigenvalue weighted by Gasteiger charge is 2.38. The van der Waals surface area contributed by atoms with Gasteiger partial charge in [0.05, 0.1) is 18.3 Å². The summed E-state index contributed by atoms with van der Waals surface area (Å²) >= 11 is 4.42. The molecule has 0 radical (unpaired) electrons. The molecule has 1 heterocycles. The summed E-state index contributed by atoms with van der Waals surface area (Å²) in [5.41, 5.74) is 0.555. The molecule has 2 atom stereocenters. The van der Waals surface area contributed by atoms with Gasteiger partial charge in [0, 0.05) is 18.7 Å². The maximum absolute atomic E-state index is 12.0. The maximum atomic E-state index is 12.0. The number of oxime groups is 1. The van der Waals surface area contributed by atoms with Gasteiger partial charge in [0.2, 0.25) is 5.91 Å². The summed E-state index contributed by atoms with van der Waals surface area (Å²) in [6, 6.07) is -0.309. The van der Waals surface area contributed by atoms with E-state index in [0.29, 0.717) is 18.7 Å². The highest BCUT2D eigenvalue weighted by atomic mass is 32.1. The predicted molar refractivity (Wildman–Crippen MR) is 82.6 cm³/mol.